The number of phenols is 1. The summed E-state index contributed by atoms with van der Waals surface area (Å²) in [7, 11) is -0.805. The Labute approximate surface area is 118 Å². The van der Waals surface area contributed by atoms with Crippen LogP contribution in [0.15, 0.2) is 0 Å². The van der Waals surface area contributed by atoms with E-state index in [-0.39, 0.29) is 4.93 Å². The summed E-state index contributed by atoms with van der Waals surface area (Å²) in [6.07, 6.45) is 8.96. The van der Waals surface area contributed by atoms with Crippen LogP contribution in [0.25, 0.3) is 0 Å². The Bertz CT molecular complexity index is 529. The first kappa shape index (κ1) is 14.6. The second-order valence-corrected chi connectivity index (χ2v) is 11.1. The van der Waals surface area contributed by atoms with E-state index in [1.807, 2.05) is 13.8 Å². The van der Waals surface area contributed by atoms with E-state index in [2.05, 4.69) is 32.6 Å². The normalized spacial score (nSPS) is 23.7. The van der Waals surface area contributed by atoms with E-state index in [1.54, 1.807) is 0 Å². The summed E-state index contributed by atoms with van der Waals surface area (Å²) in [6.45, 7) is 8.26. The molecule has 1 aromatic carbocycles. The first-order valence-electron chi connectivity index (χ1n) is 6.77. The molecule has 0 bridgehead atoms. The smallest absolute Gasteiger partial charge is 0.136 e. The van der Waals surface area contributed by atoms with Gasteiger partial charge in [-0.3, -0.25) is 0 Å². The van der Waals surface area contributed by atoms with Crippen LogP contribution in [0.2, 0.25) is 0 Å². The standard InChI is InChI=1S/C16H26O2S/c1-10-11(2)15-13(12(3)14(10)17)8-9-16(4,18-15)19(5,6)7/h17H,8-9H2,1-7H3. The van der Waals surface area contributed by atoms with E-state index < -0.39 is 10.0 Å². The largest absolute Gasteiger partial charge is 0.507 e. The second-order valence-electron chi connectivity index (χ2n) is 6.60. The van der Waals surface area contributed by atoms with Crippen molar-refractivity contribution in [1.29, 1.82) is 0 Å². The lowest BCUT2D eigenvalue weighted by molar-refractivity contribution is 0.152. The predicted octanol–water partition coefficient (Wildman–Crippen LogP) is 4.05. The van der Waals surface area contributed by atoms with Gasteiger partial charge in [-0.2, -0.15) is 0 Å². The number of ether oxygens (including phenoxy) is 1. The molecule has 2 nitrogen and oxygen atoms in total. The van der Waals surface area contributed by atoms with Gasteiger partial charge in [0.1, 0.15) is 16.4 Å². The number of benzene rings is 1. The van der Waals surface area contributed by atoms with Crippen molar-refractivity contribution in [3.63, 3.8) is 0 Å². The van der Waals surface area contributed by atoms with Gasteiger partial charge in [-0.25, -0.2) is 10.0 Å². The van der Waals surface area contributed by atoms with Gasteiger partial charge in [0, 0.05) is 5.56 Å². The lowest BCUT2D eigenvalue weighted by atomic mass is 9.92. The molecule has 1 aliphatic heterocycles. The summed E-state index contributed by atoms with van der Waals surface area (Å²) in [5.41, 5.74) is 4.22. The van der Waals surface area contributed by atoms with Crippen molar-refractivity contribution in [2.75, 3.05) is 18.8 Å². The predicted molar refractivity (Wildman–Crippen MR) is 85.0 cm³/mol. The van der Waals surface area contributed by atoms with Gasteiger partial charge in [0.15, 0.2) is 0 Å². The maximum absolute atomic E-state index is 10.2. The molecule has 0 spiro atoms. The lowest BCUT2D eigenvalue weighted by Crippen LogP contribution is -2.41. The van der Waals surface area contributed by atoms with Gasteiger partial charge in [-0.1, -0.05) is 0 Å². The molecule has 2 rings (SSSR count). The third-order valence-corrected chi connectivity index (χ3v) is 7.66. The minimum atomic E-state index is -0.805. The minimum Gasteiger partial charge on any atom is -0.507 e. The third kappa shape index (κ3) is 2.12. The van der Waals surface area contributed by atoms with Gasteiger partial charge < -0.3 is 9.84 Å². The van der Waals surface area contributed by atoms with Crippen LogP contribution in [0.4, 0.5) is 0 Å². The van der Waals surface area contributed by atoms with Gasteiger partial charge in [0.2, 0.25) is 0 Å². The van der Waals surface area contributed by atoms with Crippen LogP contribution in [-0.4, -0.2) is 28.8 Å². The van der Waals surface area contributed by atoms with Gasteiger partial charge in [0.05, 0.1) is 0 Å². The highest BCUT2D eigenvalue weighted by Crippen LogP contribution is 2.56. The van der Waals surface area contributed by atoms with Gasteiger partial charge >= 0.3 is 0 Å². The zero-order chi connectivity index (χ0) is 14.6. The minimum absolute atomic E-state index is 0.0688. The Morgan fingerprint density at radius 3 is 2.16 bits per heavy atom. The molecule has 1 unspecified atom stereocenters. The third-order valence-electron chi connectivity index (χ3n) is 4.78. The van der Waals surface area contributed by atoms with Crippen molar-refractivity contribution in [2.24, 2.45) is 0 Å². The molecule has 0 fully saturated rings. The van der Waals surface area contributed by atoms with Crippen molar-refractivity contribution < 1.29 is 9.84 Å². The zero-order valence-electron chi connectivity index (χ0n) is 13.2. The molecule has 0 aromatic heterocycles. The summed E-state index contributed by atoms with van der Waals surface area (Å²) in [5.74, 6) is 1.45. The maximum atomic E-state index is 10.2. The molecule has 1 aromatic rings. The topological polar surface area (TPSA) is 29.5 Å². The Hall–Kier alpha value is -0.830. The van der Waals surface area contributed by atoms with E-state index in [9.17, 15) is 5.11 Å². The number of aromatic hydroxyl groups is 1. The molecule has 1 N–H and O–H groups in total. The van der Waals surface area contributed by atoms with Crippen molar-refractivity contribution in [3.8, 4) is 11.5 Å². The Kier molecular flexibility index (Phi) is 3.33. The summed E-state index contributed by atoms with van der Waals surface area (Å²) in [5, 5.41) is 10.2. The van der Waals surface area contributed by atoms with E-state index >= 15 is 0 Å². The van der Waals surface area contributed by atoms with Crippen molar-refractivity contribution >= 4 is 10.0 Å². The molecule has 19 heavy (non-hydrogen) atoms. The van der Waals surface area contributed by atoms with Gasteiger partial charge in [0.25, 0.3) is 0 Å². The highest BCUT2D eigenvalue weighted by Gasteiger charge is 2.40. The summed E-state index contributed by atoms with van der Waals surface area (Å²) >= 11 is 0. The van der Waals surface area contributed by atoms with Crippen LogP contribution < -0.4 is 4.74 Å². The van der Waals surface area contributed by atoms with Crippen molar-refractivity contribution in [1.82, 2.24) is 0 Å². The summed E-state index contributed by atoms with van der Waals surface area (Å²) in [4.78, 5) is -0.0688. The molecule has 1 atom stereocenters. The quantitative estimate of drug-likeness (QED) is 0.842. The van der Waals surface area contributed by atoms with Crippen LogP contribution in [0.1, 0.15) is 35.6 Å². The maximum Gasteiger partial charge on any atom is 0.136 e. The van der Waals surface area contributed by atoms with Crippen LogP contribution in [0, 0.1) is 20.8 Å². The van der Waals surface area contributed by atoms with E-state index in [1.165, 1.54) is 5.56 Å². The fourth-order valence-corrected chi connectivity index (χ4v) is 3.71. The molecule has 0 aliphatic carbocycles. The average molecular weight is 282 g/mol. The molecule has 108 valence electrons. The molecule has 0 saturated carbocycles. The molecule has 1 heterocycles. The van der Waals surface area contributed by atoms with E-state index in [0.29, 0.717) is 5.75 Å². The molecule has 3 heteroatoms. The molecule has 0 saturated heterocycles. The first-order valence-corrected chi connectivity index (χ1v) is 9.63. The molecule has 1 aliphatic rings. The Balaban J connectivity index is 2.59. The SMILES string of the molecule is Cc1c(C)c2c(c(C)c1O)CCC(C)(S(C)(C)C)O2. The fraction of sp³-hybridized carbons (Fsp3) is 0.625. The van der Waals surface area contributed by atoms with E-state index in [0.717, 1.165) is 35.3 Å². The number of rotatable bonds is 1. The second kappa shape index (κ2) is 4.34. The van der Waals surface area contributed by atoms with Crippen molar-refractivity contribution in [3.05, 3.63) is 22.3 Å². The molecule has 0 amide bonds. The first-order chi connectivity index (χ1) is 8.58. The Morgan fingerprint density at radius 2 is 1.63 bits per heavy atom. The van der Waals surface area contributed by atoms with Crippen LogP contribution in [-0.2, 0) is 6.42 Å². The van der Waals surface area contributed by atoms with Gasteiger partial charge in [-0.15, -0.1) is 0 Å². The zero-order valence-corrected chi connectivity index (χ0v) is 14.0. The monoisotopic (exact) mass is 282 g/mol. The summed E-state index contributed by atoms with van der Waals surface area (Å²) < 4.78 is 6.46. The number of fused-ring (bicyclic) bond motifs is 1. The van der Waals surface area contributed by atoms with E-state index in [4.69, 9.17) is 4.74 Å². The highest BCUT2D eigenvalue weighted by molar-refractivity contribution is 8.33. The van der Waals surface area contributed by atoms with Crippen LogP contribution in [0.5, 0.6) is 11.5 Å². The van der Waals surface area contributed by atoms with Gasteiger partial charge in [-0.05, 0) is 76.0 Å². The van der Waals surface area contributed by atoms with Crippen LogP contribution in [0.3, 0.4) is 0 Å². The average Bonchev–Trinajstić information content (AvgIpc) is 2.32. The lowest BCUT2D eigenvalue weighted by Gasteiger charge is -2.49. The number of hydrogen-bond donors (Lipinski definition) is 1. The molecule has 0 radical (unpaired) electrons. The molecular weight excluding hydrogens is 256 g/mol. The summed E-state index contributed by atoms with van der Waals surface area (Å²) in [6, 6.07) is 0. The number of phenolic OH excluding ortho intramolecular Hbond substituents is 1. The Morgan fingerprint density at radius 1 is 1.05 bits per heavy atom. The van der Waals surface area contributed by atoms with Crippen molar-refractivity contribution in [2.45, 2.75) is 45.5 Å². The fourth-order valence-electron chi connectivity index (χ4n) is 2.66. The number of hydrogen-bond acceptors (Lipinski definition) is 2. The van der Waals surface area contributed by atoms with Crippen LogP contribution >= 0.6 is 10.0 Å². The molecular formula is C16H26O2S. The highest BCUT2D eigenvalue weighted by atomic mass is 32.3.